The molecule has 0 aliphatic rings. The van der Waals surface area contributed by atoms with E-state index in [0.717, 1.165) is 12.2 Å². The number of nitrogens with one attached hydrogen (secondary N) is 1. The van der Waals surface area contributed by atoms with Gasteiger partial charge in [-0.2, -0.15) is 0 Å². The number of ether oxygens (including phenoxy) is 1. The van der Waals surface area contributed by atoms with Gasteiger partial charge >= 0.3 is 0 Å². The first-order valence-electron chi connectivity index (χ1n) is 5.30. The zero-order valence-electron chi connectivity index (χ0n) is 9.33. The molecule has 0 aromatic heterocycles. The second-order valence-electron chi connectivity index (χ2n) is 3.33. The molecule has 0 unspecified atom stereocenters. The molecule has 3 nitrogen and oxygen atoms in total. The van der Waals surface area contributed by atoms with Crippen LogP contribution in [0.15, 0.2) is 24.3 Å². The van der Waals surface area contributed by atoms with Crippen molar-refractivity contribution in [3.8, 4) is 5.75 Å². The average Bonchev–Trinajstić information content (AvgIpc) is 2.34. The normalized spacial score (nSPS) is 9.88. The molecule has 4 heteroatoms. The summed E-state index contributed by atoms with van der Waals surface area (Å²) >= 11 is 5.33. The van der Waals surface area contributed by atoms with E-state index in [2.05, 4.69) is 18.3 Å². The fraction of sp³-hybridized carbons (Fsp3) is 0.417. The molecule has 88 valence electrons. The topological polar surface area (TPSA) is 38.3 Å². The maximum absolute atomic E-state index is 10.8. The molecule has 0 fully saturated rings. The van der Waals surface area contributed by atoms with Crippen molar-refractivity contribution in [1.82, 2.24) is 5.32 Å². The first-order chi connectivity index (χ1) is 7.76. The van der Waals surface area contributed by atoms with Crippen LogP contribution in [-0.4, -0.2) is 24.9 Å². The number of halogens is 1. The molecule has 0 saturated carbocycles. The summed E-state index contributed by atoms with van der Waals surface area (Å²) in [5.74, 6) is 0.651. The van der Waals surface area contributed by atoms with E-state index in [-0.39, 0.29) is 11.8 Å². The van der Waals surface area contributed by atoms with Crippen LogP contribution in [0.25, 0.3) is 0 Å². The number of hydrogen-bond donors (Lipinski definition) is 1. The number of carbonyl (C=O) groups excluding carboxylic acids is 1. The largest absolute Gasteiger partial charge is 0.492 e. The Labute approximate surface area is 101 Å². The van der Waals surface area contributed by atoms with E-state index in [4.69, 9.17) is 16.3 Å². The van der Waals surface area contributed by atoms with Crippen LogP contribution >= 0.6 is 11.6 Å². The second kappa shape index (κ2) is 7.12. The minimum absolute atomic E-state index is 0.00861. The van der Waals surface area contributed by atoms with Crippen molar-refractivity contribution >= 4 is 17.5 Å². The Morgan fingerprint density at radius 3 is 3.00 bits per heavy atom. The molecule has 0 aliphatic carbocycles. The second-order valence-corrected chi connectivity index (χ2v) is 3.60. The number of amides is 1. The van der Waals surface area contributed by atoms with Crippen molar-refractivity contribution in [2.24, 2.45) is 0 Å². The molecule has 16 heavy (non-hydrogen) atoms. The Morgan fingerprint density at radius 1 is 1.50 bits per heavy atom. The number of alkyl halides is 1. The minimum Gasteiger partial charge on any atom is -0.492 e. The van der Waals surface area contributed by atoms with E-state index in [1.165, 1.54) is 5.56 Å². The zero-order chi connectivity index (χ0) is 11.8. The van der Waals surface area contributed by atoms with Gasteiger partial charge in [-0.1, -0.05) is 19.1 Å². The predicted octanol–water partition coefficient (Wildman–Crippen LogP) is 1.98. The highest BCUT2D eigenvalue weighted by atomic mass is 35.5. The Balaban J connectivity index is 2.28. The lowest BCUT2D eigenvalue weighted by atomic mass is 10.2. The quantitative estimate of drug-likeness (QED) is 0.611. The first kappa shape index (κ1) is 12.8. The summed E-state index contributed by atoms with van der Waals surface area (Å²) in [6.07, 6.45) is 0.986. The molecule has 1 aromatic rings. The Bertz CT molecular complexity index is 342. The molecule has 0 spiro atoms. The number of benzene rings is 1. The molecule has 1 N–H and O–H groups in total. The van der Waals surface area contributed by atoms with Crippen LogP contribution in [0.3, 0.4) is 0 Å². The third kappa shape index (κ3) is 4.53. The summed E-state index contributed by atoms with van der Waals surface area (Å²) in [5.41, 5.74) is 1.24. The van der Waals surface area contributed by atoms with Crippen molar-refractivity contribution in [2.45, 2.75) is 13.3 Å². The van der Waals surface area contributed by atoms with Gasteiger partial charge < -0.3 is 10.1 Å². The average molecular weight is 242 g/mol. The minimum atomic E-state index is -0.174. The maximum Gasteiger partial charge on any atom is 0.235 e. The lowest BCUT2D eigenvalue weighted by Gasteiger charge is -2.07. The molecule has 0 bridgehead atoms. The number of rotatable bonds is 6. The fourth-order valence-corrected chi connectivity index (χ4v) is 1.36. The van der Waals surface area contributed by atoms with Gasteiger partial charge in [0.05, 0.1) is 6.54 Å². The Hall–Kier alpha value is -1.22. The molecular formula is C12H16ClNO2. The molecule has 1 rings (SSSR count). The summed E-state index contributed by atoms with van der Waals surface area (Å²) in [5, 5.41) is 2.64. The number of aryl methyl sites for hydroxylation is 1. The standard InChI is InChI=1S/C12H16ClNO2/c1-2-10-4-3-5-11(8-10)16-7-6-14-12(15)9-13/h3-5,8H,2,6-7,9H2,1H3,(H,14,15). The summed E-state index contributed by atoms with van der Waals surface area (Å²) < 4.78 is 5.49. The smallest absolute Gasteiger partial charge is 0.235 e. The maximum atomic E-state index is 10.8. The van der Waals surface area contributed by atoms with Crippen LogP contribution in [0.1, 0.15) is 12.5 Å². The third-order valence-corrected chi connectivity index (χ3v) is 2.36. The van der Waals surface area contributed by atoms with E-state index >= 15 is 0 Å². The molecule has 1 aromatic carbocycles. The summed E-state index contributed by atoms with van der Waals surface area (Å²) in [6, 6.07) is 7.93. The highest BCUT2D eigenvalue weighted by molar-refractivity contribution is 6.27. The highest BCUT2D eigenvalue weighted by Gasteiger charge is 1.98. The van der Waals surface area contributed by atoms with Crippen molar-refractivity contribution in [3.63, 3.8) is 0 Å². The SMILES string of the molecule is CCc1cccc(OCCNC(=O)CCl)c1. The zero-order valence-corrected chi connectivity index (χ0v) is 10.1. The van der Waals surface area contributed by atoms with Gasteiger partial charge in [-0.3, -0.25) is 4.79 Å². The number of hydrogen-bond acceptors (Lipinski definition) is 2. The monoisotopic (exact) mass is 241 g/mol. The van der Waals surface area contributed by atoms with Crippen molar-refractivity contribution in [3.05, 3.63) is 29.8 Å². The Morgan fingerprint density at radius 2 is 2.31 bits per heavy atom. The highest BCUT2D eigenvalue weighted by Crippen LogP contribution is 2.13. The van der Waals surface area contributed by atoms with Gasteiger partial charge in [0, 0.05) is 0 Å². The van der Waals surface area contributed by atoms with Crippen molar-refractivity contribution in [1.29, 1.82) is 0 Å². The summed E-state index contributed by atoms with van der Waals surface area (Å²) in [4.78, 5) is 10.8. The van der Waals surface area contributed by atoms with Crippen LogP contribution in [0.4, 0.5) is 0 Å². The summed E-state index contributed by atoms with van der Waals surface area (Å²) in [7, 11) is 0. The van der Waals surface area contributed by atoms with Gasteiger partial charge in [0.15, 0.2) is 0 Å². The molecule has 0 radical (unpaired) electrons. The van der Waals surface area contributed by atoms with Crippen LogP contribution in [0.2, 0.25) is 0 Å². The lowest BCUT2D eigenvalue weighted by molar-refractivity contribution is -0.118. The van der Waals surface area contributed by atoms with E-state index in [9.17, 15) is 4.79 Å². The molecular weight excluding hydrogens is 226 g/mol. The third-order valence-electron chi connectivity index (χ3n) is 2.12. The molecule has 0 atom stereocenters. The van der Waals surface area contributed by atoms with Crippen LogP contribution in [0.5, 0.6) is 5.75 Å². The van der Waals surface area contributed by atoms with Gasteiger partial charge in [0.1, 0.15) is 18.2 Å². The predicted molar refractivity (Wildman–Crippen MR) is 65.0 cm³/mol. The number of carbonyl (C=O) groups is 1. The van der Waals surface area contributed by atoms with Gasteiger partial charge in [0.2, 0.25) is 5.91 Å². The molecule has 0 heterocycles. The van der Waals surface area contributed by atoms with Gasteiger partial charge in [0.25, 0.3) is 0 Å². The van der Waals surface area contributed by atoms with Gasteiger partial charge in [-0.25, -0.2) is 0 Å². The van der Waals surface area contributed by atoms with Crippen molar-refractivity contribution in [2.75, 3.05) is 19.0 Å². The van der Waals surface area contributed by atoms with Gasteiger partial charge in [-0.15, -0.1) is 11.6 Å². The van der Waals surface area contributed by atoms with Crippen molar-refractivity contribution < 1.29 is 9.53 Å². The molecule has 0 saturated heterocycles. The van der Waals surface area contributed by atoms with E-state index in [1.54, 1.807) is 0 Å². The molecule has 0 aliphatic heterocycles. The summed E-state index contributed by atoms with van der Waals surface area (Å²) in [6.45, 7) is 3.03. The van der Waals surface area contributed by atoms with E-state index < -0.39 is 0 Å². The van der Waals surface area contributed by atoms with E-state index in [0.29, 0.717) is 13.2 Å². The van der Waals surface area contributed by atoms with E-state index in [1.807, 2.05) is 18.2 Å². The fourth-order valence-electron chi connectivity index (χ4n) is 1.26. The van der Waals surface area contributed by atoms with Crippen LogP contribution in [0, 0.1) is 0 Å². The van der Waals surface area contributed by atoms with Gasteiger partial charge in [-0.05, 0) is 24.1 Å². The molecule has 1 amide bonds. The first-order valence-corrected chi connectivity index (χ1v) is 5.84. The van der Waals surface area contributed by atoms with Crippen LogP contribution in [-0.2, 0) is 11.2 Å². The lowest BCUT2D eigenvalue weighted by Crippen LogP contribution is -2.28. The Kier molecular flexibility index (Phi) is 5.72. The van der Waals surface area contributed by atoms with Crippen LogP contribution < -0.4 is 10.1 Å².